The Kier molecular flexibility index (Phi) is 4.71. The van der Waals surface area contributed by atoms with Crippen molar-refractivity contribution in [3.63, 3.8) is 0 Å². The molecule has 1 rings (SSSR count). The van der Waals surface area contributed by atoms with Crippen molar-refractivity contribution >= 4 is 21.7 Å². The van der Waals surface area contributed by atoms with Gasteiger partial charge in [0.1, 0.15) is 16.2 Å². The minimum atomic E-state index is 0.252. The van der Waals surface area contributed by atoms with Gasteiger partial charge in [0.25, 0.3) is 0 Å². The van der Waals surface area contributed by atoms with Gasteiger partial charge in [-0.3, -0.25) is 0 Å². The van der Waals surface area contributed by atoms with E-state index in [2.05, 4.69) is 58.9 Å². The highest BCUT2D eigenvalue weighted by Gasteiger charge is 2.10. The third-order valence-corrected chi connectivity index (χ3v) is 2.42. The predicted octanol–water partition coefficient (Wildman–Crippen LogP) is 3.65. The number of anilines is 1. The summed E-state index contributed by atoms with van der Waals surface area (Å²) in [6.07, 6.45) is 1.98. The summed E-state index contributed by atoms with van der Waals surface area (Å²) in [7, 11) is 0. The highest BCUT2D eigenvalue weighted by atomic mass is 79.9. The molecular weight excluding hydrogens is 266 g/mol. The van der Waals surface area contributed by atoms with Crippen molar-refractivity contribution in [1.82, 2.24) is 9.97 Å². The van der Waals surface area contributed by atoms with E-state index in [1.165, 1.54) is 0 Å². The summed E-state index contributed by atoms with van der Waals surface area (Å²) in [5, 5.41) is 3.34. The van der Waals surface area contributed by atoms with Gasteiger partial charge in [0, 0.05) is 19.0 Å². The standard InChI is InChI=1S/C12H20BrN3/c1-5-6-10-15-9(13)7-11(16-10)14-8-12(2,3)4/h7H,5-6,8H2,1-4H3,(H,14,15,16). The Morgan fingerprint density at radius 1 is 1.31 bits per heavy atom. The second-order valence-electron chi connectivity index (χ2n) is 5.16. The first-order valence-corrected chi connectivity index (χ1v) is 6.47. The van der Waals surface area contributed by atoms with Gasteiger partial charge in [-0.2, -0.15) is 0 Å². The molecule has 0 unspecified atom stereocenters. The van der Waals surface area contributed by atoms with Crippen LogP contribution in [0.2, 0.25) is 0 Å². The van der Waals surface area contributed by atoms with Crippen molar-refractivity contribution in [3.8, 4) is 0 Å². The lowest BCUT2D eigenvalue weighted by atomic mass is 9.97. The van der Waals surface area contributed by atoms with Gasteiger partial charge in [0.15, 0.2) is 0 Å². The molecule has 3 nitrogen and oxygen atoms in total. The molecular formula is C12H20BrN3. The topological polar surface area (TPSA) is 37.8 Å². The van der Waals surface area contributed by atoms with E-state index in [1.807, 2.05) is 6.07 Å². The van der Waals surface area contributed by atoms with E-state index in [4.69, 9.17) is 0 Å². The van der Waals surface area contributed by atoms with Crippen molar-refractivity contribution in [2.24, 2.45) is 5.41 Å². The lowest BCUT2D eigenvalue weighted by Crippen LogP contribution is -2.20. The number of hydrogen-bond acceptors (Lipinski definition) is 3. The second-order valence-corrected chi connectivity index (χ2v) is 5.97. The summed E-state index contributed by atoms with van der Waals surface area (Å²) in [5.74, 6) is 1.80. The average Bonchev–Trinajstić information content (AvgIpc) is 2.13. The predicted molar refractivity (Wildman–Crippen MR) is 71.7 cm³/mol. The number of aryl methyl sites for hydroxylation is 1. The zero-order valence-corrected chi connectivity index (χ0v) is 12.1. The molecule has 16 heavy (non-hydrogen) atoms. The Hall–Kier alpha value is -0.640. The molecule has 0 aliphatic carbocycles. The Bertz CT molecular complexity index is 345. The van der Waals surface area contributed by atoms with E-state index in [0.29, 0.717) is 0 Å². The molecule has 0 spiro atoms. The number of hydrogen-bond donors (Lipinski definition) is 1. The van der Waals surface area contributed by atoms with Crippen LogP contribution in [0.25, 0.3) is 0 Å². The Labute approximate surface area is 106 Å². The molecule has 90 valence electrons. The number of nitrogens with zero attached hydrogens (tertiary/aromatic N) is 2. The first-order chi connectivity index (χ1) is 7.40. The number of nitrogens with one attached hydrogen (secondary N) is 1. The van der Waals surface area contributed by atoms with Crippen LogP contribution >= 0.6 is 15.9 Å². The van der Waals surface area contributed by atoms with Gasteiger partial charge < -0.3 is 5.32 Å². The molecule has 0 saturated heterocycles. The first-order valence-electron chi connectivity index (χ1n) is 5.68. The number of rotatable bonds is 4. The van der Waals surface area contributed by atoms with Gasteiger partial charge in [-0.1, -0.05) is 27.7 Å². The fraction of sp³-hybridized carbons (Fsp3) is 0.667. The van der Waals surface area contributed by atoms with Crippen LogP contribution in [0.3, 0.4) is 0 Å². The first kappa shape index (κ1) is 13.4. The summed E-state index contributed by atoms with van der Waals surface area (Å²) in [4.78, 5) is 8.81. The van der Waals surface area contributed by atoms with Crippen LogP contribution in [0.4, 0.5) is 5.82 Å². The zero-order valence-electron chi connectivity index (χ0n) is 10.5. The largest absolute Gasteiger partial charge is 0.369 e. The minimum Gasteiger partial charge on any atom is -0.369 e. The van der Waals surface area contributed by atoms with Crippen LogP contribution in [0, 0.1) is 5.41 Å². The molecule has 0 radical (unpaired) electrons. The van der Waals surface area contributed by atoms with Crippen LogP contribution in [-0.2, 0) is 6.42 Å². The molecule has 0 fully saturated rings. The van der Waals surface area contributed by atoms with E-state index in [-0.39, 0.29) is 5.41 Å². The van der Waals surface area contributed by atoms with Gasteiger partial charge in [0.05, 0.1) is 0 Å². The van der Waals surface area contributed by atoms with E-state index >= 15 is 0 Å². The van der Waals surface area contributed by atoms with Gasteiger partial charge in [-0.25, -0.2) is 9.97 Å². The van der Waals surface area contributed by atoms with Gasteiger partial charge >= 0.3 is 0 Å². The molecule has 0 bridgehead atoms. The third kappa shape index (κ3) is 4.92. The van der Waals surface area contributed by atoms with Crippen LogP contribution in [0.5, 0.6) is 0 Å². The quantitative estimate of drug-likeness (QED) is 0.858. The fourth-order valence-corrected chi connectivity index (χ4v) is 1.67. The highest BCUT2D eigenvalue weighted by Crippen LogP contribution is 2.17. The van der Waals surface area contributed by atoms with Crippen molar-refractivity contribution in [2.45, 2.75) is 40.5 Å². The van der Waals surface area contributed by atoms with Gasteiger partial charge in [-0.05, 0) is 27.8 Å². The van der Waals surface area contributed by atoms with E-state index in [1.54, 1.807) is 0 Å². The summed E-state index contributed by atoms with van der Waals surface area (Å²) in [6, 6.07) is 1.92. The maximum Gasteiger partial charge on any atom is 0.132 e. The van der Waals surface area contributed by atoms with Gasteiger partial charge in [-0.15, -0.1) is 0 Å². The van der Waals surface area contributed by atoms with Crippen LogP contribution in [0.15, 0.2) is 10.7 Å². The second kappa shape index (κ2) is 5.62. The monoisotopic (exact) mass is 285 g/mol. The molecule has 0 saturated carbocycles. The molecule has 1 heterocycles. The molecule has 1 aromatic rings. The summed E-state index contributed by atoms with van der Waals surface area (Å²) < 4.78 is 0.849. The van der Waals surface area contributed by atoms with Crippen LogP contribution < -0.4 is 5.32 Å². The Morgan fingerprint density at radius 2 is 2.00 bits per heavy atom. The summed E-state index contributed by atoms with van der Waals surface area (Å²) in [6.45, 7) is 9.63. The van der Waals surface area contributed by atoms with Crippen LogP contribution in [-0.4, -0.2) is 16.5 Å². The number of aromatic nitrogens is 2. The molecule has 0 aromatic carbocycles. The van der Waals surface area contributed by atoms with Crippen LogP contribution in [0.1, 0.15) is 39.9 Å². The Balaban J connectivity index is 2.72. The molecule has 0 aliphatic rings. The average molecular weight is 286 g/mol. The highest BCUT2D eigenvalue weighted by molar-refractivity contribution is 9.10. The molecule has 0 aliphatic heterocycles. The molecule has 0 amide bonds. The summed E-state index contributed by atoms with van der Waals surface area (Å²) in [5.41, 5.74) is 0.252. The Morgan fingerprint density at radius 3 is 2.56 bits per heavy atom. The molecule has 1 aromatic heterocycles. The smallest absolute Gasteiger partial charge is 0.132 e. The lowest BCUT2D eigenvalue weighted by Gasteiger charge is -2.19. The maximum atomic E-state index is 4.47. The molecule has 1 N–H and O–H groups in total. The number of halogens is 1. The zero-order chi connectivity index (χ0) is 12.2. The molecule has 0 atom stereocenters. The van der Waals surface area contributed by atoms with Crippen molar-refractivity contribution < 1.29 is 0 Å². The lowest BCUT2D eigenvalue weighted by molar-refractivity contribution is 0.442. The van der Waals surface area contributed by atoms with E-state index < -0.39 is 0 Å². The maximum absolute atomic E-state index is 4.47. The van der Waals surface area contributed by atoms with E-state index in [0.717, 1.165) is 35.6 Å². The van der Waals surface area contributed by atoms with Gasteiger partial charge in [0.2, 0.25) is 0 Å². The SMILES string of the molecule is CCCc1nc(Br)cc(NCC(C)(C)C)n1. The van der Waals surface area contributed by atoms with Crippen molar-refractivity contribution in [1.29, 1.82) is 0 Å². The van der Waals surface area contributed by atoms with E-state index in [9.17, 15) is 0 Å². The minimum absolute atomic E-state index is 0.252. The third-order valence-electron chi connectivity index (χ3n) is 2.01. The fourth-order valence-electron chi connectivity index (χ4n) is 1.25. The summed E-state index contributed by atoms with van der Waals surface area (Å²) >= 11 is 3.41. The van der Waals surface area contributed by atoms with Crippen molar-refractivity contribution in [3.05, 3.63) is 16.5 Å². The van der Waals surface area contributed by atoms with Crippen molar-refractivity contribution in [2.75, 3.05) is 11.9 Å². The normalized spacial score (nSPS) is 11.6. The molecule has 4 heteroatoms.